The zero-order valence-electron chi connectivity index (χ0n) is 16.4. The second-order valence-corrected chi connectivity index (χ2v) is 6.33. The summed E-state index contributed by atoms with van der Waals surface area (Å²) in [7, 11) is 0. The summed E-state index contributed by atoms with van der Waals surface area (Å²) in [6.45, 7) is 3.43. The zero-order chi connectivity index (χ0) is 20.3. The monoisotopic (exact) mass is 388 g/mol. The highest BCUT2D eigenvalue weighted by atomic mass is 16.5. The van der Waals surface area contributed by atoms with Gasteiger partial charge in [0.15, 0.2) is 0 Å². The molecule has 0 aliphatic heterocycles. The highest BCUT2D eigenvalue weighted by Gasteiger charge is 2.02. The van der Waals surface area contributed by atoms with Crippen LogP contribution >= 0.6 is 0 Å². The molecule has 0 atom stereocenters. The second kappa shape index (κ2) is 10.7. The fourth-order valence-electron chi connectivity index (χ4n) is 2.63. The van der Waals surface area contributed by atoms with Crippen LogP contribution in [-0.4, -0.2) is 17.5 Å². The minimum atomic E-state index is -0.164. The van der Waals surface area contributed by atoms with Gasteiger partial charge in [-0.15, -0.1) is 0 Å². The van der Waals surface area contributed by atoms with Gasteiger partial charge in [0, 0.05) is 24.9 Å². The first-order valence-electron chi connectivity index (χ1n) is 9.53. The summed E-state index contributed by atoms with van der Waals surface area (Å²) in [4.78, 5) is 16.3. The maximum atomic E-state index is 12.1. The Morgan fingerprint density at radius 3 is 2.55 bits per heavy atom. The average Bonchev–Trinajstić information content (AvgIpc) is 2.77. The van der Waals surface area contributed by atoms with Crippen LogP contribution in [0.2, 0.25) is 0 Å². The molecule has 3 aromatic rings. The maximum Gasteiger partial charge on any atom is 0.244 e. The summed E-state index contributed by atoms with van der Waals surface area (Å²) in [5.74, 6) is 1.19. The van der Waals surface area contributed by atoms with Crippen molar-refractivity contribution in [1.29, 1.82) is 0 Å². The van der Waals surface area contributed by atoms with Gasteiger partial charge in [0.05, 0.1) is 6.61 Å². The molecular formula is C24H24N2O3. The number of carbonyl (C=O) groups excluding carboxylic acids is 1. The third kappa shape index (κ3) is 6.81. The van der Waals surface area contributed by atoms with Crippen LogP contribution in [0.25, 0.3) is 6.08 Å². The number of benzene rings is 2. The molecule has 1 N–H and O–H groups in total. The van der Waals surface area contributed by atoms with Crippen LogP contribution in [0, 0.1) is 0 Å². The minimum Gasteiger partial charge on any atom is -0.494 e. The largest absolute Gasteiger partial charge is 0.494 e. The van der Waals surface area contributed by atoms with Gasteiger partial charge in [0.25, 0.3) is 0 Å². The second-order valence-electron chi connectivity index (χ2n) is 6.33. The van der Waals surface area contributed by atoms with Crippen molar-refractivity contribution >= 4 is 12.0 Å². The smallest absolute Gasteiger partial charge is 0.244 e. The van der Waals surface area contributed by atoms with Crippen LogP contribution in [0.4, 0.5) is 0 Å². The van der Waals surface area contributed by atoms with Gasteiger partial charge >= 0.3 is 0 Å². The Labute approximate surface area is 171 Å². The molecule has 1 heterocycles. The topological polar surface area (TPSA) is 60.5 Å². The molecule has 0 unspecified atom stereocenters. The number of amides is 1. The van der Waals surface area contributed by atoms with Gasteiger partial charge in [0.1, 0.15) is 12.4 Å². The number of aromatic nitrogens is 1. The molecule has 0 aliphatic rings. The van der Waals surface area contributed by atoms with Crippen molar-refractivity contribution in [2.45, 2.75) is 20.1 Å². The molecule has 3 rings (SSSR count). The third-order valence-electron chi connectivity index (χ3n) is 4.11. The van der Waals surface area contributed by atoms with Crippen LogP contribution < -0.4 is 14.8 Å². The molecule has 29 heavy (non-hydrogen) atoms. The molecule has 0 saturated carbocycles. The van der Waals surface area contributed by atoms with Gasteiger partial charge in [-0.2, -0.15) is 0 Å². The first-order valence-corrected chi connectivity index (χ1v) is 9.53. The normalized spacial score (nSPS) is 10.7. The fourth-order valence-corrected chi connectivity index (χ4v) is 2.63. The van der Waals surface area contributed by atoms with E-state index >= 15 is 0 Å². The van der Waals surface area contributed by atoms with E-state index in [1.807, 2.05) is 73.7 Å². The quantitative estimate of drug-likeness (QED) is 0.552. The summed E-state index contributed by atoms with van der Waals surface area (Å²) in [6.07, 6.45) is 4.97. The van der Waals surface area contributed by atoms with E-state index in [9.17, 15) is 4.79 Å². The van der Waals surface area contributed by atoms with Gasteiger partial charge in [0.2, 0.25) is 11.8 Å². The molecule has 0 aliphatic carbocycles. The lowest BCUT2D eigenvalue weighted by Crippen LogP contribution is -2.20. The lowest BCUT2D eigenvalue weighted by atomic mass is 10.2. The van der Waals surface area contributed by atoms with Crippen molar-refractivity contribution in [3.8, 4) is 11.6 Å². The van der Waals surface area contributed by atoms with Crippen LogP contribution in [0.3, 0.4) is 0 Å². The van der Waals surface area contributed by atoms with Crippen LogP contribution in [-0.2, 0) is 17.9 Å². The van der Waals surface area contributed by atoms with Crippen LogP contribution in [0.1, 0.15) is 23.6 Å². The Balaban J connectivity index is 1.48. The molecule has 0 bridgehead atoms. The molecular weight excluding hydrogens is 364 g/mol. The number of pyridine rings is 1. The molecule has 0 radical (unpaired) electrons. The lowest BCUT2D eigenvalue weighted by molar-refractivity contribution is -0.116. The first-order chi connectivity index (χ1) is 14.2. The fraction of sp³-hybridized carbons (Fsp3) is 0.167. The van der Waals surface area contributed by atoms with E-state index in [2.05, 4.69) is 10.3 Å². The van der Waals surface area contributed by atoms with Gasteiger partial charge in [-0.3, -0.25) is 4.79 Å². The number of nitrogens with one attached hydrogen (secondary N) is 1. The highest BCUT2D eigenvalue weighted by molar-refractivity contribution is 5.91. The van der Waals surface area contributed by atoms with Crippen molar-refractivity contribution in [2.75, 3.05) is 6.61 Å². The summed E-state index contributed by atoms with van der Waals surface area (Å²) in [5, 5.41) is 2.87. The molecule has 5 heteroatoms. The minimum absolute atomic E-state index is 0.164. The van der Waals surface area contributed by atoms with E-state index in [-0.39, 0.29) is 5.91 Å². The average molecular weight is 388 g/mol. The number of hydrogen-bond donors (Lipinski definition) is 1. The molecule has 0 fully saturated rings. The van der Waals surface area contributed by atoms with E-state index in [4.69, 9.17) is 9.47 Å². The van der Waals surface area contributed by atoms with Crippen molar-refractivity contribution in [1.82, 2.24) is 10.3 Å². The third-order valence-corrected chi connectivity index (χ3v) is 4.11. The van der Waals surface area contributed by atoms with Crippen molar-refractivity contribution in [3.05, 3.63) is 95.7 Å². The van der Waals surface area contributed by atoms with Crippen molar-refractivity contribution in [3.63, 3.8) is 0 Å². The Kier molecular flexibility index (Phi) is 7.41. The zero-order valence-corrected chi connectivity index (χ0v) is 16.4. The molecule has 0 saturated heterocycles. The molecule has 148 valence electrons. The van der Waals surface area contributed by atoms with Gasteiger partial charge < -0.3 is 14.8 Å². The van der Waals surface area contributed by atoms with Crippen LogP contribution in [0.5, 0.6) is 11.6 Å². The summed E-state index contributed by atoms with van der Waals surface area (Å²) in [6, 6.07) is 21.2. The Morgan fingerprint density at radius 2 is 1.79 bits per heavy atom. The van der Waals surface area contributed by atoms with Crippen LogP contribution in [0.15, 0.2) is 79.0 Å². The first kappa shape index (κ1) is 20.1. The maximum absolute atomic E-state index is 12.1. The number of rotatable bonds is 9. The Hall–Kier alpha value is -3.60. The molecule has 0 spiro atoms. The summed E-state index contributed by atoms with van der Waals surface area (Å²) >= 11 is 0. The van der Waals surface area contributed by atoms with Gasteiger partial charge in [-0.1, -0.05) is 42.5 Å². The standard InChI is InChI=1S/C24H24N2O3/c1-2-28-22-11-8-19(9-12-22)10-13-23(27)26-17-21-14-15-25-24(16-21)29-18-20-6-4-3-5-7-20/h3-16H,2,17-18H2,1H3,(H,26,27)/b13-10+. The molecule has 5 nitrogen and oxygen atoms in total. The Bertz CT molecular complexity index is 938. The van der Waals surface area contributed by atoms with Gasteiger partial charge in [-0.25, -0.2) is 4.98 Å². The molecule has 1 aromatic heterocycles. The number of ether oxygens (including phenoxy) is 2. The van der Waals surface area contributed by atoms with Gasteiger partial charge in [-0.05, 0) is 47.9 Å². The van der Waals surface area contributed by atoms with E-state index in [0.29, 0.717) is 25.6 Å². The van der Waals surface area contributed by atoms with Crippen molar-refractivity contribution < 1.29 is 14.3 Å². The predicted octanol–water partition coefficient (Wildman–Crippen LogP) is 4.39. The molecule has 1 amide bonds. The van der Waals surface area contributed by atoms with E-state index in [1.54, 1.807) is 12.3 Å². The van der Waals surface area contributed by atoms with Crippen molar-refractivity contribution in [2.24, 2.45) is 0 Å². The van der Waals surface area contributed by atoms with E-state index in [0.717, 1.165) is 22.4 Å². The molecule has 2 aromatic carbocycles. The summed E-state index contributed by atoms with van der Waals surface area (Å²) < 4.78 is 11.1. The lowest BCUT2D eigenvalue weighted by Gasteiger charge is -2.07. The predicted molar refractivity (Wildman–Crippen MR) is 114 cm³/mol. The number of carbonyl (C=O) groups is 1. The van der Waals surface area contributed by atoms with E-state index in [1.165, 1.54) is 6.08 Å². The number of nitrogens with zero attached hydrogens (tertiary/aromatic N) is 1. The van der Waals surface area contributed by atoms with E-state index < -0.39 is 0 Å². The number of hydrogen-bond acceptors (Lipinski definition) is 4. The summed E-state index contributed by atoms with van der Waals surface area (Å²) in [5.41, 5.74) is 2.93. The highest BCUT2D eigenvalue weighted by Crippen LogP contribution is 2.13. The Morgan fingerprint density at radius 1 is 1.00 bits per heavy atom. The SMILES string of the molecule is CCOc1ccc(/C=C/C(=O)NCc2ccnc(OCc3ccccc3)c2)cc1.